The predicted octanol–water partition coefficient (Wildman–Crippen LogP) is 1.73. The van der Waals surface area contributed by atoms with Crippen LogP contribution in [-0.4, -0.2) is 18.4 Å². The monoisotopic (exact) mass is 152 g/mol. The predicted molar refractivity (Wildman–Crippen MR) is 48.9 cm³/mol. The van der Waals surface area contributed by atoms with Crippen molar-refractivity contribution < 1.29 is 0 Å². The number of nitrogens with one attached hydrogen (secondary N) is 1. The summed E-state index contributed by atoms with van der Waals surface area (Å²) in [5.74, 6) is 1.18. The van der Waals surface area contributed by atoms with E-state index in [1.807, 2.05) is 6.08 Å². The lowest BCUT2D eigenvalue weighted by molar-refractivity contribution is 0.669. The van der Waals surface area contributed by atoms with Crippen molar-refractivity contribution in [2.24, 2.45) is 4.99 Å². The van der Waals surface area contributed by atoms with Crippen LogP contribution in [0.5, 0.6) is 0 Å². The van der Waals surface area contributed by atoms with Crippen molar-refractivity contribution in [3.63, 3.8) is 0 Å². The number of hydrogen-bond donors (Lipinski definition) is 1. The minimum atomic E-state index is 0.490. The van der Waals surface area contributed by atoms with Crippen LogP contribution in [0.3, 0.4) is 0 Å². The molecule has 2 nitrogen and oxygen atoms in total. The Morgan fingerprint density at radius 1 is 1.82 bits per heavy atom. The molecule has 0 fully saturated rings. The minimum absolute atomic E-state index is 0.490. The number of aliphatic imine (C=N–C) groups is 1. The van der Waals surface area contributed by atoms with Crippen molar-refractivity contribution >= 4 is 5.84 Å². The molecule has 1 heterocycles. The van der Waals surface area contributed by atoms with Gasteiger partial charge in [-0.25, -0.2) is 0 Å². The molecule has 0 saturated carbocycles. The zero-order chi connectivity index (χ0) is 8.10. The van der Waals surface area contributed by atoms with Gasteiger partial charge in [-0.1, -0.05) is 6.08 Å². The number of rotatable bonds is 3. The molecule has 0 aliphatic carbocycles. The maximum atomic E-state index is 4.33. The molecule has 1 N–H and O–H groups in total. The highest BCUT2D eigenvalue weighted by atomic mass is 15.0. The van der Waals surface area contributed by atoms with Crippen LogP contribution in [0.2, 0.25) is 0 Å². The summed E-state index contributed by atoms with van der Waals surface area (Å²) in [7, 11) is 0. The largest absolute Gasteiger partial charge is 0.371 e. The van der Waals surface area contributed by atoms with Crippen LogP contribution in [0.15, 0.2) is 17.6 Å². The van der Waals surface area contributed by atoms with Gasteiger partial charge in [0, 0.05) is 19.0 Å². The third-order valence-corrected chi connectivity index (χ3v) is 1.81. The third kappa shape index (κ3) is 2.74. The Balaban J connectivity index is 2.23. The number of nitrogens with zero attached hydrogens (tertiary/aromatic N) is 1. The van der Waals surface area contributed by atoms with Gasteiger partial charge in [-0.05, 0) is 19.8 Å². The highest BCUT2D eigenvalue weighted by molar-refractivity contribution is 5.83. The standard InChI is InChI=1S/C9H16N2/c1-3-5-8(2)11-9-6-4-7-10-9/h3,8H,1,4-7H2,2H3,(H,10,11). The maximum Gasteiger partial charge on any atom is 0.0965 e. The Morgan fingerprint density at radius 2 is 2.64 bits per heavy atom. The fraction of sp³-hybridized carbons (Fsp3) is 0.667. The Kier molecular flexibility index (Phi) is 3.14. The lowest BCUT2D eigenvalue weighted by Gasteiger charge is -2.11. The summed E-state index contributed by atoms with van der Waals surface area (Å²) in [5, 5.41) is 3.36. The summed E-state index contributed by atoms with van der Waals surface area (Å²) in [6.45, 7) is 6.85. The molecule has 0 spiro atoms. The van der Waals surface area contributed by atoms with Gasteiger partial charge < -0.3 is 5.32 Å². The minimum Gasteiger partial charge on any atom is -0.371 e. The maximum absolute atomic E-state index is 4.33. The molecule has 0 aromatic carbocycles. The molecule has 0 saturated heterocycles. The lowest BCUT2D eigenvalue weighted by atomic mass is 10.2. The first-order valence-electron chi connectivity index (χ1n) is 4.23. The van der Waals surface area contributed by atoms with Crippen molar-refractivity contribution in [3.8, 4) is 0 Å². The van der Waals surface area contributed by atoms with Gasteiger partial charge in [0.05, 0.1) is 5.84 Å². The van der Waals surface area contributed by atoms with Gasteiger partial charge >= 0.3 is 0 Å². The van der Waals surface area contributed by atoms with E-state index < -0.39 is 0 Å². The van der Waals surface area contributed by atoms with Gasteiger partial charge in [0.15, 0.2) is 0 Å². The average molecular weight is 152 g/mol. The molecular formula is C9H16N2. The second-order valence-electron chi connectivity index (χ2n) is 3.00. The topological polar surface area (TPSA) is 24.4 Å². The molecule has 62 valence electrons. The Hall–Kier alpha value is -0.790. The van der Waals surface area contributed by atoms with E-state index in [1.54, 1.807) is 0 Å². The van der Waals surface area contributed by atoms with Crippen molar-refractivity contribution in [3.05, 3.63) is 12.7 Å². The number of amidine groups is 1. The van der Waals surface area contributed by atoms with Crippen LogP contribution in [0, 0.1) is 0 Å². The van der Waals surface area contributed by atoms with E-state index in [0.29, 0.717) is 6.04 Å². The second kappa shape index (κ2) is 4.16. The van der Waals surface area contributed by atoms with E-state index in [1.165, 1.54) is 12.3 Å². The fourth-order valence-electron chi connectivity index (χ4n) is 1.25. The Labute approximate surface area is 68.4 Å². The SMILES string of the molecule is C=CCC(C)NC1=NCCC1. The molecule has 0 bridgehead atoms. The molecule has 0 radical (unpaired) electrons. The first-order valence-corrected chi connectivity index (χ1v) is 4.23. The van der Waals surface area contributed by atoms with Gasteiger partial charge in [-0.2, -0.15) is 0 Å². The van der Waals surface area contributed by atoms with Crippen LogP contribution in [-0.2, 0) is 0 Å². The van der Waals surface area contributed by atoms with Crippen LogP contribution in [0.1, 0.15) is 26.2 Å². The molecule has 1 aliphatic heterocycles. The van der Waals surface area contributed by atoms with Gasteiger partial charge in [-0.15, -0.1) is 6.58 Å². The molecule has 2 heteroatoms. The fourth-order valence-corrected chi connectivity index (χ4v) is 1.25. The molecule has 0 aromatic heterocycles. The van der Waals surface area contributed by atoms with E-state index in [-0.39, 0.29) is 0 Å². The molecule has 0 amide bonds. The third-order valence-electron chi connectivity index (χ3n) is 1.81. The van der Waals surface area contributed by atoms with E-state index in [0.717, 1.165) is 19.4 Å². The molecule has 1 rings (SSSR count). The van der Waals surface area contributed by atoms with Crippen LogP contribution in [0.4, 0.5) is 0 Å². The molecule has 1 unspecified atom stereocenters. The van der Waals surface area contributed by atoms with Gasteiger partial charge in [-0.3, -0.25) is 4.99 Å². The van der Waals surface area contributed by atoms with Crippen LogP contribution in [0.25, 0.3) is 0 Å². The van der Waals surface area contributed by atoms with Crippen molar-refractivity contribution in [1.82, 2.24) is 5.32 Å². The second-order valence-corrected chi connectivity index (χ2v) is 3.00. The summed E-state index contributed by atoms with van der Waals surface area (Å²) in [6.07, 6.45) is 5.29. The quantitative estimate of drug-likeness (QED) is 0.612. The first-order chi connectivity index (χ1) is 5.33. The molecule has 1 atom stereocenters. The summed E-state index contributed by atoms with van der Waals surface area (Å²) >= 11 is 0. The van der Waals surface area contributed by atoms with E-state index >= 15 is 0 Å². The van der Waals surface area contributed by atoms with E-state index in [4.69, 9.17) is 0 Å². The van der Waals surface area contributed by atoms with E-state index in [2.05, 4.69) is 23.8 Å². The van der Waals surface area contributed by atoms with Crippen LogP contribution < -0.4 is 5.32 Å². The van der Waals surface area contributed by atoms with Crippen molar-refractivity contribution in [2.45, 2.75) is 32.2 Å². The zero-order valence-corrected chi connectivity index (χ0v) is 7.14. The molecule has 1 aliphatic rings. The van der Waals surface area contributed by atoms with Crippen molar-refractivity contribution in [1.29, 1.82) is 0 Å². The molecular weight excluding hydrogens is 136 g/mol. The van der Waals surface area contributed by atoms with Gasteiger partial charge in [0.25, 0.3) is 0 Å². The summed E-state index contributed by atoms with van der Waals surface area (Å²) in [4.78, 5) is 4.33. The zero-order valence-electron chi connectivity index (χ0n) is 7.14. The average Bonchev–Trinajstić information content (AvgIpc) is 2.40. The molecule has 11 heavy (non-hydrogen) atoms. The van der Waals surface area contributed by atoms with Gasteiger partial charge in [0.2, 0.25) is 0 Å². The summed E-state index contributed by atoms with van der Waals surface area (Å²) < 4.78 is 0. The van der Waals surface area contributed by atoms with E-state index in [9.17, 15) is 0 Å². The smallest absolute Gasteiger partial charge is 0.0965 e. The highest BCUT2D eigenvalue weighted by Gasteiger charge is 2.07. The Morgan fingerprint density at radius 3 is 3.18 bits per heavy atom. The highest BCUT2D eigenvalue weighted by Crippen LogP contribution is 2.03. The van der Waals surface area contributed by atoms with Crippen molar-refractivity contribution in [2.75, 3.05) is 6.54 Å². The first kappa shape index (κ1) is 8.31. The summed E-state index contributed by atoms with van der Waals surface area (Å²) in [5.41, 5.74) is 0. The van der Waals surface area contributed by atoms with Crippen LogP contribution >= 0.6 is 0 Å². The summed E-state index contributed by atoms with van der Waals surface area (Å²) in [6, 6.07) is 0.490. The Bertz CT molecular complexity index is 161. The molecule has 0 aromatic rings. The lowest BCUT2D eigenvalue weighted by Crippen LogP contribution is -2.30. The normalized spacial score (nSPS) is 19.2. The van der Waals surface area contributed by atoms with Gasteiger partial charge in [0.1, 0.15) is 0 Å². The number of hydrogen-bond acceptors (Lipinski definition) is 2.